The fraction of sp³-hybridized carbons (Fsp3) is 0.545. The normalized spacial score (nSPS) is 15.8. The second-order valence-corrected chi connectivity index (χ2v) is 6.91. The Labute approximate surface area is 110 Å². The molecule has 3 rings (SSSR count). The molecule has 1 aliphatic carbocycles. The smallest absolute Gasteiger partial charge is 0.248 e. The van der Waals surface area contributed by atoms with Crippen molar-refractivity contribution in [3.63, 3.8) is 0 Å². The summed E-state index contributed by atoms with van der Waals surface area (Å²) in [6.45, 7) is 0.285. The van der Waals surface area contributed by atoms with E-state index < -0.39 is 9.84 Å². The molecular formula is C11H14N4O3S. The molecule has 1 fully saturated rings. The van der Waals surface area contributed by atoms with Gasteiger partial charge in [0.2, 0.25) is 5.89 Å². The Bertz CT molecular complexity index is 684. The van der Waals surface area contributed by atoms with Crippen LogP contribution in [0.2, 0.25) is 0 Å². The Morgan fingerprint density at radius 1 is 1.47 bits per heavy atom. The average Bonchev–Trinajstić information content (AvgIpc) is 2.84. The third-order valence-electron chi connectivity index (χ3n) is 3.01. The van der Waals surface area contributed by atoms with Crippen molar-refractivity contribution in [1.29, 1.82) is 0 Å². The Kier molecular flexibility index (Phi) is 2.89. The molecule has 1 aliphatic rings. The van der Waals surface area contributed by atoms with Crippen LogP contribution >= 0.6 is 0 Å². The van der Waals surface area contributed by atoms with Crippen molar-refractivity contribution in [3.05, 3.63) is 24.1 Å². The molecule has 7 nitrogen and oxygen atoms in total. The fourth-order valence-electron chi connectivity index (χ4n) is 1.78. The van der Waals surface area contributed by atoms with E-state index in [4.69, 9.17) is 4.52 Å². The van der Waals surface area contributed by atoms with Crippen molar-refractivity contribution in [3.8, 4) is 0 Å². The molecule has 0 bridgehead atoms. The van der Waals surface area contributed by atoms with Crippen molar-refractivity contribution in [2.45, 2.75) is 30.7 Å². The third kappa shape index (κ3) is 3.01. The molecule has 19 heavy (non-hydrogen) atoms. The Balaban J connectivity index is 1.70. The molecule has 102 valence electrons. The minimum atomic E-state index is -3.23. The number of aromatic nitrogens is 4. The molecule has 0 spiro atoms. The molecule has 2 heterocycles. The number of sulfone groups is 1. The SMILES string of the molecule is CS(=O)(=O)c1cnn(Cc2nc(CC3CC3)no2)c1. The zero-order chi connectivity index (χ0) is 13.5. The van der Waals surface area contributed by atoms with Crippen LogP contribution in [0.15, 0.2) is 21.8 Å². The molecule has 0 aromatic carbocycles. The van der Waals surface area contributed by atoms with Crippen LogP contribution in [0, 0.1) is 5.92 Å². The highest BCUT2D eigenvalue weighted by Crippen LogP contribution is 2.31. The lowest BCUT2D eigenvalue weighted by molar-refractivity contribution is 0.360. The lowest BCUT2D eigenvalue weighted by Gasteiger charge is -1.94. The monoisotopic (exact) mass is 282 g/mol. The molecule has 0 saturated heterocycles. The Hall–Kier alpha value is -1.70. The van der Waals surface area contributed by atoms with Crippen molar-refractivity contribution in [2.75, 3.05) is 6.26 Å². The van der Waals surface area contributed by atoms with Crippen LogP contribution in [0.25, 0.3) is 0 Å². The van der Waals surface area contributed by atoms with E-state index in [0.717, 1.165) is 12.7 Å². The maximum Gasteiger partial charge on any atom is 0.248 e. The largest absolute Gasteiger partial charge is 0.337 e. The van der Waals surface area contributed by atoms with Gasteiger partial charge in [0.25, 0.3) is 0 Å². The molecule has 8 heteroatoms. The second kappa shape index (κ2) is 4.44. The van der Waals surface area contributed by atoms with Gasteiger partial charge < -0.3 is 4.52 Å². The minimum Gasteiger partial charge on any atom is -0.337 e. The van der Waals surface area contributed by atoms with Crippen LogP contribution in [0.3, 0.4) is 0 Å². The summed E-state index contributed by atoms with van der Waals surface area (Å²) in [4.78, 5) is 4.45. The van der Waals surface area contributed by atoms with E-state index >= 15 is 0 Å². The first-order chi connectivity index (χ1) is 9.00. The first-order valence-corrected chi connectivity index (χ1v) is 7.94. The predicted octanol–water partition coefficient (Wildman–Crippen LogP) is 0.670. The summed E-state index contributed by atoms with van der Waals surface area (Å²) in [5.74, 6) is 1.86. The van der Waals surface area contributed by atoms with Crippen molar-refractivity contribution in [1.82, 2.24) is 19.9 Å². The first kappa shape index (κ1) is 12.3. The van der Waals surface area contributed by atoms with Crippen molar-refractivity contribution >= 4 is 9.84 Å². The van der Waals surface area contributed by atoms with Crippen molar-refractivity contribution < 1.29 is 12.9 Å². The lowest BCUT2D eigenvalue weighted by atomic mass is 10.3. The standard InChI is InChI=1S/C11H14N4O3S/c1-19(16,17)9-5-12-15(6-9)7-11-13-10(14-18-11)4-8-2-3-8/h5-6,8H,2-4,7H2,1H3. The van der Waals surface area contributed by atoms with Crippen LogP contribution < -0.4 is 0 Å². The van der Waals surface area contributed by atoms with E-state index in [9.17, 15) is 8.42 Å². The van der Waals surface area contributed by atoms with Gasteiger partial charge in [-0.15, -0.1) is 0 Å². The Morgan fingerprint density at radius 3 is 2.89 bits per heavy atom. The van der Waals surface area contributed by atoms with Crippen LogP contribution in [0.5, 0.6) is 0 Å². The number of hydrogen-bond donors (Lipinski definition) is 0. The molecular weight excluding hydrogens is 268 g/mol. The molecule has 1 saturated carbocycles. The molecule has 2 aromatic heterocycles. The zero-order valence-electron chi connectivity index (χ0n) is 10.5. The summed E-state index contributed by atoms with van der Waals surface area (Å²) in [5, 5.41) is 7.87. The number of rotatable bonds is 5. The predicted molar refractivity (Wildman–Crippen MR) is 65.2 cm³/mol. The van der Waals surface area contributed by atoms with Gasteiger partial charge in [0, 0.05) is 18.9 Å². The van der Waals surface area contributed by atoms with Gasteiger partial charge in [-0.25, -0.2) is 8.42 Å². The maximum atomic E-state index is 11.3. The fourth-order valence-corrected chi connectivity index (χ4v) is 2.33. The van der Waals surface area contributed by atoms with Gasteiger partial charge >= 0.3 is 0 Å². The summed E-state index contributed by atoms with van der Waals surface area (Å²) in [7, 11) is -3.23. The zero-order valence-corrected chi connectivity index (χ0v) is 11.3. The summed E-state index contributed by atoms with van der Waals surface area (Å²) in [6, 6.07) is 0. The van der Waals surface area contributed by atoms with Gasteiger partial charge in [0.1, 0.15) is 11.4 Å². The summed E-state index contributed by atoms with van der Waals surface area (Å²) >= 11 is 0. The van der Waals surface area contributed by atoms with E-state index in [1.54, 1.807) is 0 Å². The van der Waals surface area contributed by atoms with Gasteiger partial charge in [-0.3, -0.25) is 4.68 Å². The van der Waals surface area contributed by atoms with E-state index in [1.165, 1.54) is 29.9 Å². The molecule has 0 amide bonds. The van der Waals surface area contributed by atoms with E-state index in [1.807, 2.05) is 0 Å². The van der Waals surface area contributed by atoms with E-state index in [-0.39, 0.29) is 11.4 Å². The number of hydrogen-bond acceptors (Lipinski definition) is 6. The third-order valence-corrected chi connectivity index (χ3v) is 4.08. The highest BCUT2D eigenvalue weighted by Gasteiger charge is 2.24. The van der Waals surface area contributed by atoms with Gasteiger partial charge in [-0.2, -0.15) is 10.1 Å². The lowest BCUT2D eigenvalue weighted by Crippen LogP contribution is -2.01. The average molecular weight is 282 g/mol. The molecule has 0 unspecified atom stereocenters. The van der Waals surface area contributed by atoms with E-state index in [2.05, 4.69) is 15.2 Å². The summed E-state index contributed by atoms with van der Waals surface area (Å²) < 4.78 is 29.3. The van der Waals surface area contributed by atoms with Gasteiger partial charge in [0.05, 0.1) is 6.20 Å². The quantitative estimate of drug-likeness (QED) is 0.800. The van der Waals surface area contributed by atoms with Crippen LogP contribution in [-0.2, 0) is 22.8 Å². The Morgan fingerprint density at radius 2 is 2.26 bits per heavy atom. The van der Waals surface area contributed by atoms with Gasteiger partial charge in [-0.1, -0.05) is 5.16 Å². The van der Waals surface area contributed by atoms with Crippen LogP contribution in [-0.4, -0.2) is 34.6 Å². The molecule has 0 aliphatic heterocycles. The van der Waals surface area contributed by atoms with Gasteiger partial charge in [0.15, 0.2) is 15.7 Å². The topological polar surface area (TPSA) is 90.9 Å². The van der Waals surface area contributed by atoms with Crippen molar-refractivity contribution in [2.24, 2.45) is 5.92 Å². The summed E-state index contributed by atoms with van der Waals surface area (Å²) in [6.07, 6.45) is 7.25. The highest BCUT2D eigenvalue weighted by atomic mass is 32.2. The molecule has 0 N–H and O–H groups in total. The second-order valence-electron chi connectivity index (χ2n) is 4.90. The molecule has 2 aromatic rings. The summed E-state index contributed by atoms with van der Waals surface area (Å²) in [5.41, 5.74) is 0. The first-order valence-electron chi connectivity index (χ1n) is 6.05. The molecule has 0 atom stereocenters. The van der Waals surface area contributed by atoms with E-state index in [0.29, 0.717) is 17.6 Å². The highest BCUT2D eigenvalue weighted by molar-refractivity contribution is 7.90. The molecule has 0 radical (unpaired) electrons. The minimum absolute atomic E-state index is 0.185. The van der Waals surface area contributed by atoms with Crippen LogP contribution in [0.1, 0.15) is 24.6 Å². The van der Waals surface area contributed by atoms with Crippen LogP contribution in [0.4, 0.5) is 0 Å². The number of nitrogens with zero attached hydrogens (tertiary/aromatic N) is 4. The maximum absolute atomic E-state index is 11.3. The van der Waals surface area contributed by atoms with Gasteiger partial charge in [-0.05, 0) is 18.8 Å².